The summed E-state index contributed by atoms with van der Waals surface area (Å²) >= 11 is 0. The van der Waals surface area contributed by atoms with Crippen LogP contribution in [0.4, 0.5) is 15.5 Å². The van der Waals surface area contributed by atoms with Gasteiger partial charge in [0.2, 0.25) is 17.5 Å². The summed E-state index contributed by atoms with van der Waals surface area (Å²) in [6.45, 7) is 3.95. The van der Waals surface area contributed by atoms with E-state index in [1.807, 2.05) is 0 Å². The molecule has 5 rings (SSSR count). The molecule has 1 aliphatic rings. The van der Waals surface area contributed by atoms with Crippen molar-refractivity contribution in [2.75, 3.05) is 18.9 Å². The number of alkyl carbamates (subject to hydrolysis) is 2. The van der Waals surface area contributed by atoms with Crippen molar-refractivity contribution in [1.82, 2.24) is 30.2 Å². The third-order valence-electron chi connectivity index (χ3n) is 9.49. The molecule has 2 aromatic carbocycles. The second-order valence-corrected chi connectivity index (χ2v) is 14.5. The van der Waals surface area contributed by atoms with Gasteiger partial charge in [-0.25, -0.2) is 24.2 Å². The van der Waals surface area contributed by atoms with Gasteiger partial charge in [0.15, 0.2) is 17.3 Å². The number of aromatic nitrogens is 4. The number of Topliss-reactive ketones (excluding diaryl/α,β-unsaturated/α-hetero) is 1. The Balaban J connectivity index is 1.47. The number of nitrogens with zero attached hydrogens (tertiary/aromatic N) is 3. The molecule has 0 bridgehead atoms. The van der Waals surface area contributed by atoms with Gasteiger partial charge in [0, 0.05) is 0 Å². The van der Waals surface area contributed by atoms with Crippen molar-refractivity contribution >= 4 is 47.0 Å². The predicted molar refractivity (Wildman–Crippen MR) is 207 cm³/mol. The fraction of sp³-hybridized carbons (Fsp3) is 0.436. The SMILES string of the molecule is CC(C)[C@H](NC(=O)OCc1ccccc1)C(=O)OCC(OC(=O)[C@@H](NC(=O)OCc1ccccc1)C(C)C)C(=O)[C@@]1(n2cnc3c(=O)[nH]c(N)nc32)O[C@H](CO)[C@@H](O)[C@H]1O. The molecular formula is C39H47N7O14. The molecule has 8 N–H and O–H groups in total. The Kier molecular flexibility index (Phi) is 14.6. The first-order valence-electron chi connectivity index (χ1n) is 18.8. The number of aliphatic hydroxyl groups excluding tert-OH is 3. The second-order valence-electron chi connectivity index (χ2n) is 14.5. The molecule has 0 aliphatic carbocycles. The highest BCUT2D eigenvalue weighted by Gasteiger charge is 2.63. The Labute approximate surface area is 342 Å². The Bertz CT molecular complexity index is 2200. The molecule has 1 saturated heterocycles. The molecule has 0 spiro atoms. The van der Waals surface area contributed by atoms with Crippen molar-refractivity contribution < 1.29 is 63.0 Å². The zero-order valence-corrected chi connectivity index (χ0v) is 33.0. The van der Waals surface area contributed by atoms with E-state index < -0.39 is 120 Å². The molecule has 0 radical (unpaired) electrons. The van der Waals surface area contributed by atoms with Gasteiger partial charge < -0.3 is 55.4 Å². The number of ketones is 1. The van der Waals surface area contributed by atoms with E-state index in [1.54, 1.807) is 88.4 Å². The summed E-state index contributed by atoms with van der Waals surface area (Å²) in [7, 11) is 0. The first kappa shape index (κ1) is 44.7. The molecule has 1 unspecified atom stereocenters. The first-order chi connectivity index (χ1) is 28.6. The molecule has 21 nitrogen and oxygen atoms in total. The molecule has 7 atom stereocenters. The number of ether oxygens (including phenoxy) is 5. The van der Waals surface area contributed by atoms with Crippen LogP contribution in [0, 0.1) is 11.8 Å². The fourth-order valence-corrected chi connectivity index (χ4v) is 6.28. The number of imidazole rings is 1. The van der Waals surface area contributed by atoms with Crippen molar-refractivity contribution in [3.63, 3.8) is 0 Å². The van der Waals surface area contributed by atoms with Crippen LogP contribution in [0.25, 0.3) is 11.2 Å². The van der Waals surface area contributed by atoms with E-state index in [2.05, 4.69) is 25.6 Å². The number of nitrogens with two attached hydrogens (primary N) is 1. The minimum atomic E-state index is -2.89. The lowest BCUT2D eigenvalue weighted by Crippen LogP contribution is -2.58. The van der Waals surface area contributed by atoms with Gasteiger partial charge in [-0.15, -0.1) is 0 Å². The van der Waals surface area contributed by atoms with Gasteiger partial charge in [-0.05, 0) is 23.0 Å². The standard InChI is InChI=1S/C39H47N7O14/c1-20(2)26(42-37(54)57-16-22-11-7-5-8-12-22)34(52)56-18-25(59-35(53)27(21(3)4)43-38(55)58-17-23-13-9-6-10-14-23)30(49)39(31(50)29(48)24(15-47)60-39)46-19-41-28-32(46)44-36(40)45-33(28)51/h5-14,19-21,24-27,29,31,47-48,50H,15-18H2,1-4H3,(H,42,54)(H,43,55)(H3,40,44,45,51)/t24-,25?,26+,27+,29-,31-,39-/m1/s1. The number of aromatic amines is 1. The number of aliphatic hydroxyl groups is 3. The Morgan fingerprint density at radius 1 is 0.867 bits per heavy atom. The number of H-pyrrole nitrogens is 1. The molecule has 4 aromatic rings. The number of rotatable bonds is 17. The highest BCUT2D eigenvalue weighted by molar-refractivity contribution is 5.94. The highest BCUT2D eigenvalue weighted by atomic mass is 16.6. The molecule has 1 fully saturated rings. The topological polar surface area (TPSA) is 306 Å². The van der Waals surface area contributed by atoms with Crippen LogP contribution in [0.1, 0.15) is 38.8 Å². The van der Waals surface area contributed by atoms with Crippen molar-refractivity contribution in [3.8, 4) is 0 Å². The second kappa shape index (κ2) is 19.6. The first-order valence-corrected chi connectivity index (χ1v) is 18.8. The van der Waals surface area contributed by atoms with Crippen LogP contribution < -0.4 is 21.9 Å². The van der Waals surface area contributed by atoms with E-state index >= 15 is 0 Å². The molecular weight excluding hydrogens is 790 g/mol. The normalized spacial score (nSPS) is 20.2. The monoisotopic (exact) mass is 837 g/mol. The number of hydrogen-bond donors (Lipinski definition) is 7. The van der Waals surface area contributed by atoms with Crippen molar-refractivity contribution in [2.45, 2.75) is 83.1 Å². The lowest BCUT2D eigenvalue weighted by molar-refractivity contribution is -0.192. The average Bonchev–Trinajstić information content (AvgIpc) is 3.77. The number of carbonyl (C=O) groups is 5. The molecule has 60 heavy (non-hydrogen) atoms. The minimum absolute atomic E-state index is 0.121. The molecule has 2 aromatic heterocycles. The van der Waals surface area contributed by atoms with E-state index in [4.69, 9.17) is 29.4 Å². The van der Waals surface area contributed by atoms with Crippen LogP contribution >= 0.6 is 0 Å². The third kappa shape index (κ3) is 10.1. The molecule has 0 saturated carbocycles. The largest absolute Gasteiger partial charge is 0.460 e. The Morgan fingerprint density at radius 3 is 1.90 bits per heavy atom. The number of amides is 2. The number of nitrogen functional groups attached to an aromatic ring is 1. The Morgan fingerprint density at radius 2 is 1.40 bits per heavy atom. The predicted octanol–water partition coefficient (Wildman–Crippen LogP) is 0.394. The van der Waals surface area contributed by atoms with Crippen LogP contribution in [0.2, 0.25) is 0 Å². The summed E-state index contributed by atoms with van der Waals surface area (Å²) in [4.78, 5) is 91.2. The summed E-state index contributed by atoms with van der Waals surface area (Å²) < 4.78 is 28.3. The number of carbonyl (C=O) groups excluding carboxylic acids is 5. The lowest BCUT2D eigenvalue weighted by Gasteiger charge is -2.35. The number of benzene rings is 2. The van der Waals surface area contributed by atoms with E-state index in [0.717, 1.165) is 10.9 Å². The van der Waals surface area contributed by atoms with Crippen LogP contribution in [0.15, 0.2) is 71.8 Å². The van der Waals surface area contributed by atoms with E-state index in [0.29, 0.717) is 11.1 Å². The van der Waals surface area contributed by atoms with Crippen molar-refractivity contribution in [3.05, 3.63) is 88.5 Å². The maximum Gasteiger partial charge on any atom is 0.408 e. The molecule has 322 valence electrons. The van der Waals surface area contributed by atoms with Gasteiger partial charge in [0.1, 0.15) is 56.5 Å². The molecule has 1 aliphatic heterocycles. The zero-order valence-electron chi connectivity index (χ0n) is 33.0. The van der Waals surface area contributed by atoms with Crippen LogP contribution in [0.5, 0.6) is 0 Å². The summed E-state index contributed by atoms with van der Waals surface area (Å²) in [5.41, 5.74) is 2.54. The minimum Gasteiger partial charge on any atom is -0.460 e. The van der Waals surface area contributed by atoms with Gasteiger partial charge in [0.25, 0.3) is 5.56 Å². The van der Waals surface area contributed by atoms with Crippen molar-refractivity contribution in [2.24, 2.45) is 11.8 Å². The number of nitrogens with one attached hydrogen (secondary N) is 3. The average molecular weight is 838 g/mol. The van der Waals surface area contributed by atoms with Crippen molar-refractivity contribution in [1.29, 1.82) is 0 Å². The van der Waals surface area contributed by atoms with Gasteiger partial charge in [-0.1, -0.05) is 88.4 Å². The third-order valence-corrected chi connectivity index (χ3v) is 9.49. The van der Waals surface area contributed by atoms with Gasteiger partial charge in [-0.3, -0.25) is 19.1 Å². The number of esters is 2. The van der Waals surface area contributed by atoms with E-state index in [-0.39, 0.29) is 13.2 Å². The molecule has 2 amide bonds. The zero-order chi connectivity index (χ0) is 43.7. The number of hydrogen-bond acceptors (Lipinski definition) is 17. The van der Waals surface area contributed by atoms with E-state index in [9.17, 15) is 44.1 Å². The van der Waals surface area contributed by atoms with Crippen LogP contribution in [-0.4, -0.2) is 114 Å². The van der Waals surface area contributed by atoms with Gasteiger partial charge in [-0.2, -0.15) is 4.98 Å². The lowest BCUT2D eigenvalue weighted by atomic mass is 9.94. The molecule has 3 heterocycles. The summed E-state index contributed by atoms with van der Waals surface area (Å²) in [6, 6.07) is 14.5. The van der Waals surface area contributed by atoms with E-state index in [1.165, 1.54) is 0 Å². The number of fused-ring (bicyclic) bond motifs is 1. The summed E-state index contributed by atoms with van der Waals surface area (Å²) in [6.07, 6.45) is -9.28. The molecule has 21 heteroatoms. The summed E-state index contributed by atoms with van der Waals surface area (Å²) in [5.74, 6) is -5.51. The van der Waals surface area contributed by atoms with Gasteiger partial charge >= 0.3 is 24.1 Å². The smallest absolute Gasteiger partial charge is 0.408 e. The maximum atomic E-state index is 15.0. The quantitative estimate of drug-likeness (QED) is 0.0559. The summed E-state index contributed by atoms with van der Waals surface area (Å²) in [5, 5.41) is 37.5. The fourth-order valence-electron chi connectivity index (χ4n) is 6.28. The maximum absolute atomic E-state index is 15.0. The van der Waals surface area contributed by atoms with Gasteiger partial charge in [0.05, 0.1) is 6.61 Å². The van der Waals surface area contributed by atoms with Crippen LogP contribution in [0.3, 0.4) is 0 Å². The Hall–Kier alpha value is -6.42. The highest BCUT2D eigenvalue weighted by Crippen LogP contribution is 2.39. The van der Waals surface area contributed by atoms with Crippen LogP contribution in [-0.2, 0) is 57.0 Å². The number of anilines is 1.